The van der Waals surface area contributed by atoms with Gasteiger partial charge in [-0.3, -0.25) is 13.8 Å². The molecule has 0 fully saturated rings. The van der Waals surface area contributed by atoms with E-state index in [4.69, 9.17) is 11.6 Å². The molecule has 150 valence electrons. The zero-order valence-corrected chi connectivity index (χ0v) is 17.8. The highest BCUT2D eigenvalue weighted by atomic mass is 35.5. The number of aromatic nitrogens is 4. The van der Waals surface area contributed by atoms with E-state index >= 15 is 0 Å². The minimum atomic E-state index is -0.314. The molecule has 0 bridgehead atoms. The molecule has 0 radical (unpaired) electrons. The quantitative estimate of drug-likeness (QED) is 0.339. The second-order valence-corrected chi connectivity index (χ2v) is 8.92. The number of nitrogens with zero attached hydrogens (tertiary/aromatic N) is 4. The SMILES string of the molecule is O=c1c2sccc2n2c(SCc3ccccc3Cl)nnc2n1Cc1ccc(F)cc1. The summed E-state index contributed by atoms with van der Waals surface area (Å²) in [6, 6.07) is 15.7. The van der Waals surface area contributed by atoms with Crippen LogP contribution >= 0.6 is 34.7 Å². The monoisotopic (exact) mass is 456 g/mol. The van der Waals surface area contributed by atoms with Gasteiger partial charge in [0.25, 0.3) is 5.56 Å². The average molecular weight is 457 g/mol. The van der Waals surface area contributed by atoms with Gasteiger partial charge in [-0.15, -0.1) is 21.5 Å². The van der Waals surface area contributed by atoms with Crippen molar-refractivity contribution in [3.63, 3.8) is 0 Å². The number of thiophene rings is 1. The minimum absolute atomic E-state index is 0.133. The molecule has 0 N–H and O–H groups in total. The van der Waals surface area contributed by atoms with E-state index in [1.54, 1.807) is 16.7 Å². The largest absolute Gasteiger partial charge is 0.273 e. The third kappa shape index (κ3) is 3.40. The highest BCUT2D eigenvalue weighted by molar-refractivity contribution is 7.98. The molecular weight excluding hydrogens is 443 g/mol. The summed E-state index contributed by atoms with van der Waals surface area (Å²) >= 11 is 9.18. The molecule has 3 aromatic heterocycles. The second-order valence-electron chi connectivity index (χ2n) is 6.65. The van der Waals surface area contributed by atoms with E-state index in [0.29, 0.717) is 26.4 Å². The number of halogens is 2. The zero-order valence-electron chi connectivity index (χ0n) is 15.5. The number of hydrogen-bond acceptors (Lipinski definition) is 5. The van der Waals surface area contributed by atoms with Gasteiger partial charge in [0.2, 0.25) is 5.78 Å². The first kappa shape index (κ1) is 19.3. The maximum Gasteiger partial charge on any atom is 0.273 e. The molecule has 3 heterocycles. The highest BCUT2D eigenvalue weighted by Gasteiger charge is 2.18. The van der Waals surface area contributed by atoms with Gasteiger partial charge in [0.15, 0.2) is 5.16 Å². The summed E-state index contributed by atoms with van der Waals surface area (Å²) < 4.78 is 17.4. The predicted molar refractivity (Wildman–Crippen MR) is 119 cm³/mol. The normalized spacial score (nSPS) is 11.5. The standard InChI is InChI=1S/C21H14ClFN4OS2/c22-16-4-2-1-3-14(16)12-30-21-25-24-20-26(11-13-5-7-15(23)8-6-13)19(28)18-17(27(20)21)9-10-29-18/h1-10H,11-12H2. The highest BCUT2D eigenvalue weighted by Crippen LogP contribution is 2.28. The van der Waals surface area contributed by atoms with E-state index in [1.165, 1.54) is 35.2 Å². The Labute approximate surface area is 183 Å². The molecule has 9 heteroatoms. The van der Waals surface area contributed by atoms with Crippen LogP contribution in [0.4, 0.5) is 4.39 Å². The average Bonchev–Trinajstić information content (AvgIpc) is 3.39. The molecule has 5 aromatic rings. The number of rotatable bonds is 5. The smallest absolute Gasteiger partial charge is 0.271 e. The van der Waals surface area contributed by atoms with E-state index in [0.717, 1.165) is 16.6 Å². The van der Waals surface area contributed by atoms with Crippen LogP contribution in [0.15, 0.2) is 69.9 Å². The van der Waals surface area contributed by atoms with E-state index < -0.39 is 0 Å². The maximum atomic E-state index is 13.3. The van der Waals surface area contributed by atoms with Crippen molar-refractivity contribution in [1.29, 1.82) is 0 Å². The molecule has 0 atom stereocenters. The summed E-state index contributed by atoms with van der Waals surface area (Å²) in [5, 5.41) is 11.9. The fourth-order valence-electron chi connectivity index (χ4n) is 3.27. The zero-order chi connectivity index (χ0) is 20.7. The van der Waals surface area contributed by atoms with Crippen LogP contribution in [0.1, 0.15) is 11.1 Å². The molecule has 5 nitrogen and oxygen atoms in total. The fraction of sp³-hybridized carbons (Fsp3) is 0.0952. The third-order valence-electron chi connectivity index (χ3n) is 4.75. The first-order valence-electron chi connectivity index (χ1n) is 9.07. The molecular formula is C21H14ClFN4OS2. The van der Waals surface area contributed by atoms with Crippen molar-refractivity contribution in [3.8, 4) is 0 Å². The Kier molecular flexibility index (Phi) is 5.06. The lowest BCUT2D eigenvalue weighted by Gasteiger charge is -2.10. The van der Waals surface area contributed by atoms with Crippen molar-refractivity contribution >= 4 is 50.7 Å². The van der Waals surface area contributed by atoms with Gasteiger partial charge in [0, 0.05) is 10.8 Å². The molecule has 0 unspecified atom stereocenters. The Bertz CT molecular complexity index is 1430. The third-order valence-corrected chi connectivity index (χ3v) is 6.99. The lowest BCUT2D eigenvalue weighted by molar-refractivity contribution is 0.626. The van der Waals surface area contributed by atoms with Gasteiger partial charge in [-0.25, -0.2) is 4.39 Å². The van der Waals surface area contributed by atoms with Crippen LogP contribution in [-0.4, -0.2) is 19.2 Å². The van der Waals surface area contributed by atoms with Crippen molar-refractivity contribution < 1.29 is 4.39 Å². The molecule has 0 spiro atoms. The molecule has 0 saturated heterocycles. The number of fused-ring (bicyclic) bond motifs is 3. The number of benzene rings is 2. The van der Waals surface area contributed by atoms with Crippen molar-refractivity contribution in [1.82, 2.24) is 19.2 Å². The number of hydrogen-bond donors (Lipinski definition) is 0. The van der Waals surface area contributed by atoms with Crippen LogP contribution < -0.4 is 5.56 Å². The molecule has 0 aliphatic carbocycles. The topological polar surface area (TPSA) is 52.2 Å². The lowest BCUT2D eigenvalue weighted by Crippen LogP contribution is -2.23. The second kappa shape index (κ2) is 7.86. The summed E-state index contributed by atoms with van der Waals surface area (Å²) in [6.07, 6.45) is 0. The molecule has 0 amide bonds. The van der Waals surface area contributed by atoms with Crippen LogP contribution in [-0.2, 0) is 12.3 Å². The Morgan fingerprint density at radius 2 is 1.87 bits per heavy atom. The molecule has 5 rings (SSSR count). The first-order valence-corrected chi connectivity index (χ1v) is 11.3. The van der Waals surface area contributed by atoms with E-state index in [1.807, 2.05) is 40.1 Å². The predicted octanol–water partition coefficient (Wildman–Crippen LogP) is 5.24. The van der Waals surface area contributed by atoms with Gasteiger partial charge >= 0.3 is 0 Å². The van der Waals surface area contributed by atoms with E-state index in [9.17, 15) is 9.18 Å². The molecule has 0 aliphatic heterocycles. The van der Waals surface area contributed by atoms with E-state index in [-0.39, 0.29) is 17.9 Å². The van der Waals surface area contributed by atoms with Crippen LogP contribution in [0.3, 0.4) is 0 Å². The fourth-order valence-corrected chi connectivity index (χ4v) is 5.32. The Morgan fingerprint density at radius 1 is 1.07 bits per heavy atom. The van der Waals surface area contributed by atoms with Crippen molar-refractivity contribution in [2.24, 2.45) is 0 Å². The summed E-state index contributed by atoms with van der Waals surface area (Å²) in [4.78, 5) is 13.1. The Balaban J connectivity index is 1.61. The van der Waals surface area contributed by atoms with Crippen LogP contribution in [0.5, 0.6) is 0 Å². The van der Waals surface area contributed by atoms with Crippen LogP contribution in [0, 0.1) is 5.82 Å². The van der Waals surface area contributed by atoms with Gasteiger partial charge in [-0.2, -0.15) is 0 Å². The lowest BCUT2D eigenvalue weighted by atomic mass is 10.2. The van der Waals surface area contributed by atoms with Crippen LogP contribution in [0.2, 0.25) is 5.02 Å². The minimum Gasteiger partial charge on any atom is -0.271 e. The summed E-state index contributed by atoms with van der Waals surface area (Å²) in [6.45, 7) is 0.282. The maximum absolute atomic E-state index is 13.3. The summed E-state index contributed by atoms with van der Waals surface area (Å²) in [5.41, 5.74) is 2.46. The molecule has 0 saturated carbocycles. The van der Waals surface area contributed by atoms with Gasteiger partial charge in [0.05, 0.1) is 12.1 Å². The first-order chi connectivity index (χ1) is 14.6. The van der Waals surface area contributed by atoms with Crippen molar-refractivity contribution in [2.45, 2.75) is 17.5 Å². The van der Waals surface area contributed by atoms with Crippen molar-refractivity contribution in [3.05, 3.63) is 92.3 Å². The number of thioether (sulfide) groups is 1. The summed E-state index contributed by atoms with van der Waals surface area (Å²) in [5.74, 6) is 0.769. The summed E-state index contributed by atoms with van der Waals surface area (Å²) in [7, 11) is 0. The van der Waals surface area contributed by atoms with Crippen molar-refractivity contribution in [2.75, 3.05) is 0 Å². The Hall–Kier alpha value is -2.68. The molecule has 2 aromatic carbocycles. The Morgan fingerprint density at radius 3 is 2.67 bits per heavy atom. The van der Waals surface area contributed by atoms with Crippen LogP contribution in [0.25, 0.3) is 16.0 Å². The van der Waals surface area contributed by atoms with Gasteiger partial charge in [-0.1, -0.05) is 53.7 Å². The molecule has 30 heavy (non-hydrogen) atoms. The van der Waals surface area contributed by atoms with Gasteiger partial charge < -0.3 is 0 Å². The van der Waals surface area contributed by atoms with Gasteiger partial charge in [-0.05, 0) is 40.8 Å². The molecule has 0 aliphatic rings. The van der Waals surface area contributed by atoms with Gasteiger partial charge in [0.1, 0.15) is 10.5 Å². The van der Waals surface area contributed by atoms with E-state index in [2.05, 4.69) is 10.2 Å².